The van der Waals surface area contributed by atoms with E-state index in [0.29, 0.717) is 16.8 Å². The fourth-order valence-electron chi connectivity index (χ4n) is 1.61. The zero-order valence-corrected chi connectivity index (χ0v) is 9.38. The van der Waals surface area contributed by atoms with E-state index in [-0.39, 0.29) is 0 Å². The molecule has 1 aromatic carbocycles. The van der Waals surface area contributed by atoms with Gasteiger partial charge in [0, 0.05) is 6.20 Å². The summed E-state index contributed by atoms with van der Waals surface area (Å²) in [5, 5.41) is 0. The Kier molecular flexibility index (Phi) is 2.94. The lowest BCUT2D eigenvalue weighted by Gasteiger charge is -2.09. The monoisotopic (exact) mass is 254 g/mol. The molecule has 1 heterocycles. The number of nitrogens with zero attached hydrogens (tertiary/aromatic N) is 1. The summed E-state index contributed by atoms with van der Waals surface area (Å²) in [6, 6.07) is 4.79. The number of hydrogen-bond donors (Lipinski definition) is 1. The van der Waals surface area contributed by atoms with Gasteiger partial charge in [0.1, 0.15) is 0 Å². The Labute approximate surface area is 100 Å². The summed E-state index contributed by atoms with van der Waals surface area (Å²) in [4.78, 5) is 17.0. The minimum absolute atomic E-state index is 0.307. The quantitative estimate of drug-likeness (QED) is 0.850. The average molecular weight is 254 g/mol. The van der Waals surface area contributed by atoms with E-state index >= 15 is 0 Å². The molecule has 0 amide bonds. The van der Waals surface area contributed by atoms with Crippen LogP contribution in [-0.2, 0) is 6.18 Å². The van der Waals surface area contributed by atoms with E-state index in [1.54, 1.807) is 6.92 Å². The number of aromatic amines is 1. The standard InChI is InChI=1S/C12H9F3N2O/c1-7-6-16-11(18)17-10(7)8-3-2-4-9(5-8)12(13,14)15/h2-6H,1H3,(H,16,17,18). The van der Waals surface area contributed by atoms with E-state index < -0.39 is 17.4 Å². The van der Waals surface area contributed by atoms with Crippen LogP contribution in [0.3, 0.4) is 0 Å². The number of rotatable bonds is 1. The predicted molar refractivity (Wildman–Crippen MR) is 60.0 cm³/mol. The minimum Gasteiger partial charge on any atom is -0.305 e. The first-order valence-corrected chi connectivity index (χ1v) is 5.11. The van der Waals surface area contributed by atoms with Gasteiger partial charge >= 0.3 is 11.9 Å². The molecule has 2 rings (SSSR count). The largest absolute Gasteiger partial charge is 0.416 e. The summed E-state index contributed by atoms with van der Waals surface area (Å²) in [5.41, 5.74) is -0.0816. The van der Waals surface area contributed by atoms with Gasteiger partial charge in [-0.15, -0.1) is 0 Å². The third-order valence-electron chi connectivity index (χ3n) is 2.48. The van der Waals surface area contributed by atoms with Gasteiger partial charge in [-0.3, -0.25) is 0 Å². The van der Waals surface area contributed by atoms with E-state index in [9.17, 15) is 18.0 Å². The molecular weight excluding hydrogens is 245 g/mol. The maximum absolute atomic E-state index is 12.6. The lowest BCUT2D eigenvalue weighted by molar-refractivity contribution is -0.137. The predicted octanol–water partition coefficient (Wildman–Crippen LogP) is 2.76. The van der Waals surface area contributed by atoms with Crippen molar-refractivity contribution in [1.29, 1.82) is 0 Å². The van der Waals surface area contributed by atoms with Crippen LogP contribution in [0.1, 0.15) is 11.1 Å². The van der Waals surface area contributed by atoms with Crippen LogP contribution in [0, 0.1) is 6.92 Å². The van der Waals surface area contributed by atoms with Gasteiger partial charge in [0.05, 0.1) is 11.3 Å². The number of aromatic nitrogens is 2. The van der Waals surface area contributed by atoms with Gasteiger partial charge in [0.25, 0.3) is 0 Å². The number of aryl methyl sites for hydroxylation is 1. The first-order chi connectivity index (χ1) is 8.38. The molecule has 0 saturated carbocycles. The van der Waals surface area contributed by atoms with Crippen LogP contribution in [0.5, 0.6) is 0 Å². The van der Waals surface area contributed by atoms with Gasteiger partial charge in [-0.2, -0.15) is 13.2 Å². The second-order valence-electron chi connectivity index (χ2n) is 3.82. The van der Waals surface area contributed by atoms with Crippen molar-refractivity contribution in [2.45, 2.75) is 13.1 Å². The molecule has 0 aliphatic carbocycles. The number of nitrogens with one attached hydrogen (secondary N) is 1. The molecule has 0 aliphatic heterocycles. The summed E-state index contributed by atoms with van der Waals surface area (Å²) in [6.07, 6.45) is -3.08. The third-order valence-corrected chi connectivity index (χ3v) is 2.48. The number of hydrogen-bond acceptors (Lipinski definition) is 2. The Morgan fingerprint density at radius 3 is 2.67 bits per heavy atom. The van der Waals surface area contributed by atoms with Gasteiger partial charge in [0.2, 0.25) is 0 Å². The molecule has 0 spiro atoms. The van der Waals surface area contributed by atoms with Crippen molar-refractivity contribution in [1.82, 2.24) is 9.97 Å². The van der Waals surface area contributed by atoms with Crippen LogP contribution < -0.4 is 5.69 Å². The summed E-state index contributed by atoms with van der Waals surface area (Å²) < 4.78 is 37.7. The number of halogens is 3. The molecule has 0 aliphatic rings. The summed E-state index contributed by atoms with van der Waals surface area (Å²) in [7, 11) is 0. The average Bonchev–Trinajstić information content (AvgIpc) is 2.31. The van der Waals surface area contributed by atoms with E-state index in [1.807, 2.05) is 0 Å². The molecule has 0 unspecified atom stereocenters. The first-order valence-electron chi connectivity index (χ1n) is 5.11. The Morgan fingerprint density at radius 2 is 2.00 bits per heavy atom. The Morgan fingerprint density at radius 1 is 1.28 bits per heavy atom. The fraction of sp³-hybridized carbons (Fsp3) is 0.167. The van der Waals surface area contributed by atoms with Crippen LogP contribution in [0.4, 0.5) is 13.2 Å². The van der Waals surface area contributed by atoms with Crippen LogP contribution in [-0.4, -0.2) is 9.97 Å². The number of benzene rings is 1. The third kappa shape index (κ3) is 2.42. The highest BCUT2D eigenvalue weighted by Gasteiger charge is 2.30. The molecule has 0 bridgehead atoms. The highest BCUT2D eigenvalue weighted by atomic mass is 19.4. The highest BCUT2D eigenvalue weighted by molar-refractivity contribution is 5.63. The Bertz CT molecular complexity index is 632. The van der Waals surface area contributed by atoms with Gasteiger partial charge in [-0.1, -0.05) is 12.1 Å². The maximum atomic E-state index is 12.6. The van der Waals surface area contributed by atoms with Gasteiger partial charge in [-0.25, -0.2) is 9.78 Å². The van der Waals surface area contributed by atoms with Crippen molar-refractivity contribution >= 4 is 0 Å². The molecule has 94 valence electrons. The van der Waals surface area contributed by atoms with Crippen LogP contribution in [0.25, 0.3) is 11.3 Å². The van der Waals surface area contributed by atoms with Crippen molar-refractivity contribution in [3.63, 3.8) is 0 Å². The summed E-state index contributed by atoms with van der Waals surface area (Å²) in [5.74, 6) is 0. The molecular formula is C12H9F3N2O. The molecule has 1 N–H and O–H groups in total. The second kappa shape index (κ2) is 4.29. The normalized spacial score (nSPS) is 11.6. The van der Waals surface area contributed by atoms with Gasteiger partial charge < -0.3 is 4.98 Å². The molecule has 3 nitrogen and oxygen atoms in total. The molecule has 0 radical (unpaired) electrons. The molecule has 18 heavy (non-hydrogen) atoms. The number of alkyl halides is 3. The van der Waals surface area contributed by atoms with Gasteiger partial charge in [-0.05, 0) is 30.2 Å². The van der Waals surface area contributed by atoms with Gasteiger partial charge in [0.15, 0.2) is 0 Å². The van der Waals surface area contributed by atoms with E-state index in [2.05, 4.69) is 9.97 Å². The molecule has 6 heteroatoms. The first kappa shape index (κ1) is 12.3. The van der Waals surface area contributed by atoms with Crippen LogP contribution >= 0.6 is 0 Å². The summed E-state index contributed by atoms with van der Waals surface area (Å²) >= 11 is 0. The molecule has 0 saturated heterocycles. The Balaban J connectivity index is 2.58. The highest BCUT2D eigenvalue weighted by Crippen LogP contribution is 2.31. The second-order valence-corrected chi connectivity index (χ2v) is 3.82. The molecule has 2 aromatic rings. The SMILES string of the molecule is Cc1cnc(=O)[nH]c1-c1cccc(C(F)(F)F)c1. The van der Waals surface area contributed by atoms with E-state index in [4.69, 9.17) is 0 Å². The van der Waals surface area contributed by atoms with E-state index in [0.717, 1.165) is 12.1 Å². The van der Waals surface area contributed by atoms with Crippen molar-refractivity contribution < 1.29 is 13.2 Å². The van der Waals surface area contributed by atoms with Crippen molar-refractivity contribution in [3.05, 3.63) is 52.1 Å². The maximum Gasteiger partial charge on any atom is 0.416 e. The lowest BCUT2D eigenvalue weighted by atomic mass is 10.0. The molecule has 0 atom stereocenters. The van der Waals surface area contributed by atoms with Crippen molar-refractivity contribution in [3.8, 4) is 11.3 Å². The zero-order chi connectivity index (χ0) is 13.3. The lowest BCUT2D eigenvalue weighted by Crippen LogP contribution is -2.11. The number of H-pyrrole nitrogens is 1. The molecule has 0 fully saturated rings. The zero-order valence-electron chi connectivity index (χ0n) is 9.38. The minimum atomic E-state index is -4.41. The fourth-order valence-corrected chi connectivity index (χ4v) is 1.61. The van der Waals surface area contributed by atoms with Crippen LogP contribution in [0.2, 0.25) is 0 Å². The van der Waals surface area contributed by atoms with Crippen LogP contribution in [0.15, 0.2) is 35.3 Å². The van der Waals surface area contributed by atoms with Crippen molar-refractivity contribution in [2.24, 2.45) is 0 Å². The topological polar surface area (TPSA) is 45.8 Å². The molecule has 1 aromatic heterocycles. The van der Waals surface area contributed by atoms with Crippen molar-refractivity contribution in [2.75, 3.05) is 0 Å². The Hall–Kier alpha value is -2.11. The summed E-state index contributed by atoms with van der Waals surface area (Å²) in [6.45, 7) is 1.67. The van der Waals surface area contributed by atoms with E-state index in [1.165, 1.54) is 18.3 Å². The smallest absolute Gasteiger partial charge is 0.305 e.